The van der Waals surface area contributed by atoms with Crippen LogP contribution in [0.5, 0.6) is 5.88 Å². The van der Waals surface area contributed by atoms with Crippen molar-refractivity contribution in [2.24, 2.45) is 16.8 Å². The Morgan fingerprint density at radius 2 is 2.17 bits per heavy atom. The number of oxime groups is 1. The highest BCUT2D eigenvalue weighted by Crippen LogP contribution is 2.24. The summed E-state index contributed by atoms with van der Waals surface area (Å²) in [6.07, 6.45) is 6.41. The van der Waals surface area contributed by atoms with E-state index in [4.69, 9.17) is 15.7 Å². The molecule has 1 heterocycles. The molecule has 0 unspecified atom stereocenters. The van der Waals surface area contributed by atoms with Gasteiger partial charge in [-0.05, 0) is 24.8 Å². The molecule has 1 aliphatic carbocycles. The lowest BCUT2D eigenvalue weighted by atomic mass is 9.90. The second kappa shape index (κ2) is 6.23. The van der Waals surface area contributed by atoms with Gasteiger partial charge in [-0.25, -0.2) is 4.98 Å². The molecule has 98 valence electrons. The summed E-state index contributed by atoms with van der Waals surface area (Å²) >= 11 is 0. The average molecular weight is 249 g/mol. The van der Waals surface area contributed by atoms with Crippen molar-refractivity contribution in [1.29, 1.82) is 0 Å². The van der Waals surface area contributed by atoms with Crippen LogP contribution in [-0.2, 0) is 0 Å². The predicted octanol–water partition coefficient (Wildman–Crippen LogP) is 2.14. The van der Waals surface area contributed by atoms with Gasteiger partial charge in [0.1, 0.15) is 5.69 Å². The molecule has 0 aliphatic heterocycles. The van der Waals surface area contributed by atoms with E-state index in [9.17, 15) is 0 Å². The molecule has 18 heavy (non-hydrogen) atoms. The molecule has 0 radical (unpaired) electrons. The standard InChI is InChI=1S/C13H19N3O2/c14-13(16-17)11-7-4-8-12(15-11)18-9-10-5-2-1-3-6-10/h4,7-8,10,17H,1-3,5-6,9H2,(H2,14,16). The number of nitrogens with two attached hydrogens (primary N) is 1. The van der Waals surface area contributed by atoms with Gasteiger partial charge in [0.15, 0.2) is 5.84 Å². The highest BCUT2D eigenvalue weighted by Gasteiger charge is 2.14. The number of amidine groups is 1. The second-order valence-corrected chi connectivity index (χ2v) is 4.66. The summed E-state index contributed by atoms with van der Waals surface area (Å²) in [5.74, 6) is 1.16. The van der Waals surface area contributed by atoms with E-state index < -0.39 is 0 Å². The number of aromatic nitrogens is 1. The fourth-order valence-corrected chi connectivity index (χ4v) is 2.25. The Labute approximate surface area is 107 Å². The number of nitrogens with zero attached hydrogens (tertiary/aromatic N) is 2. The first kappa shape index (κ1) is 12.7. The molecule has 1 fully saturated rings. The molecule has 0 bridgehead atoms. The molecule has 1 saturated carbocycles. The van der Waals surface area contributed by atoms with E-state index >= 15 is 0 Å². The monoisotopic (exact) mass is 249 g/mol. The minimum atomic E-state index is -0.00174. The van der Waals surface area contributed by atoms with E-state index in [0.717, 1.165) is 0 Å². The molecular formula is C13H19N3O2. The number of hydrogen-bond donors (Lipinski definition) is 2. The van der Waals surface area contributed by atoms with Crippen molar-refractivity contribution in [1.82, 2.24) is 4.98 Å². The smallest absolute Gasteiger partial charge is 0.213 e. The van der Waals surface area contributed by atoms with Crippen LogP contribution in [0.1, 0.15) is 37.8 Å². The third-order valence-electron chi connectivity index (χ3n) is 3.29. The topological polar surface area (TPSA) is 80.7 Å². The summed E-state index contributed by atoms with van der Waals surface area (Å²) in [5, 5.41) is 11.5. The van der Waals surface area contributed by atoms with Gasteiger partial charge < -0.3 is 15.7 Å². The van der Waals surface area contributed by atoms with E-state index in [1.165, 1.54) is 32.1 Å². The van der Waals surface area contributed by atoms with Gasteiger partial charge >= 0.3 is 0 Å². The maximum atomic E-state index is 8.60. The fraction of sp³-hybridized carbons (Fsp3) is 0.538. The van der Waals surface area contributed by atoms with Crippen molar-refractivity contribution in [3.05, 3.63) is 23.9 Å². The summed E-state index contributed by atoms with van der Waals surface area (Å²) in [4.78, 5) is 4.19. The highest BCUT2D eigenvalue weighted by molar-refractivity contribution is 5.95. The third-order valence-corrected chi connectivity index (χ3v) is 3.29. The molecular weight excluding hydrogens is 230 g/mol. The third kappa shape index (κ3) is 3.35. The molecule has 2 rings (SSSR count). The van der Waals surface area contributed by atoms with Crippen molar-refractivity contribution >= 4 is 5.84 Å². The molecule has 0 spiro atoms. The number of pyridine rings is 1. The first-order chi connectivity index (χ1) is 8.79. The first-order valence-electron chi connectivity index (χ1n) is 6.37. The molecule has 0 aromatic carbocycles. The Bertz CT molecular complexity index is 414. The minimum absolute atomic E-state index is 0.00174. The van der Waals surface area contributed by atoms with E-state index in [1.807, 2.05) is 0 Å². The highest BCUT2D eigenvalue weighted by atomic mass is 16.5. The Morgan fingerprint density at radius 1 is 1.39 bits per heavy atom. The summed E-state index contributed by atoms with van der Waals surface area (Å²) < 4.78 is 5.68. The van der Waals surface area contributed by atoms with Crippen molar-refractivity contribution in [3.63, 3.8) is 0 Å². The summed E-state index contributed by atoms with van der Waals surface area (Å²) in [6, 6.07) is 5.26. The van der Waals surface area contributed by atoms with Crippen LogP contribution in [0.4, 0.5) is 0 Å². The summed E-state index contributed by atoms with van der Waals surface area (Å²) in [6.45, 7) is 0.701. The van der Waals surface area contributed by atoms with Crippen LogP contribution in [0.2, 0.25) is 0 Å². The first-order valence-corrected chi connectivity index (χ1v) is 6.37. The van der Waals surface area contributed by atoms with E-state index in [1.54, 1.807) is 18.2 Å². The van der Waals surface area contributed by atoms with Gasteiger partial charge in [0.05, 0.1) is 6.61 Å². The fourth-order valence-electron chi connectivity index (χ4n) is 2.25. The van der Waals surface area contributed by atoms with Gasteiger partial charge in [-0.3, -0.25) is 0 Å². The lowest BCUT2D eigenvalue weighted by molar-refractivity contribution is 0.203. The Morgan fingerprint density at radius 3 is 2.89 bits per heavy atom. The summed E-state index contributed by atoms with van der Waals surface area (Å²) in [5.41, 5.74) is 5.91. The van der Waals surface area contributed by atoms with Crippen LogP contribution in [0, 0.1) is 5.92 Å². The molecule has 3 N–H and O–H groups in total. The molecule has 0 atom stereocenters. The molecule has 0 amide bonds. The second-order valence-electron chi connectivity index (χ2n) is 4.66. The van der Waals surface area contributed by atoms with Crippen LogP contribution in [0.15, 0.2) is 23.4 Å². The van der Waals surface area contributed by atoms with Crippen LogP contribution < -0.4 is 10.5 Å². The SMILES string of the molecule is NC(=NO)c1cccc(OCC2CCCCC2)n1. The van der Waals surface area contributed by atoms with Gasteiger partial charge in [0, 0.05) is 6.07 Å². The van der Waals surface area contributed by atoms with Gasteiger partial charge in [-0.15, -0.1) is 0 Å². The summed E-state index contributed by atoms with van der Waals surface area (Å²) in [7, 11) is 0. The molecule has 5 nitrogen and oxygen atoms in total. The van der Waals surface area contributed by atoms with Gasteiger partial charge in [-0.1, -0.05) is 30.5 Å². The van der Waals surface area contributed by atoms with Crippen LogP contribution in [0.3, 0.4) is 0 Å². The zero-order chi connectivity index (χ0) is 12.8. The molecule has 5 heteroatoms. The van der Waals surface area contributed by atoms with Gasteiger partial charge in [0.2, 0.25) is 5.88 Å². The van der Waals surface area contributed by atoms with E-state index in [2.05, 4.69) is 10.1 Å². The van der Waals surface area contributed by atoms with Crippen molar-refractivity contribution < 1.29 is 9.94 Å². The van der Waals surface area contributed by atoms with Crippen LogP contribution in [0.25, 0.3) is 0 Å². The lowest BCUT2D eigenvalue weighted by Gasteiger charge is -2.21. The van der Waals surface area contributed by atoms with Crippen molar-refractivity contribution in [2.75, 3.05) is 6.61 Å². The molecule has 1 aromatic heterocycles. The molecule has 1 aliphatic rings. The quantitative estimate of drug-likeness (QED) is 0.371. The van der Waals surface area contributed by atoms with E-state index in [0.29, 0.717) is 24.1 Å². The minimum Gasteiger partial charge on any atom is -0.477 e. The zero-order valence-corrected chi connectivity index (χ0v) is 10.4. The lowest BCUT2D eigenvalue weighted by Crippen LogP contribution is -2.17. The van der Waals surface area contributed by atoms with E-state index in [-0.39, 0.29) is 5.84 Å². The van der Waals surface area contributed by atoms with Gasteiger partial charge in [-0.2, -0.15) is 0 Å². The largest absolute Gasteiger partial charge is 0.477 e. The molecule has 0 saturated heterocycles. The zero-order valence-electron chi connectivity index (χ0n) is 10.4. The molecule has 1 aromatic rings. The predicted molar refractivity (Wildman–Crippen MR) is 68.8 cm³/mol. The maximum Gasteiger partial charge on any atom is 0.213 e. The number of ether oxygens (including phenoxy) is 1. The number of rotatable bonds is 4. The van der Waals surface area contributed by atoms with Gasteiger partial charge in [0.25, 0.3) is 0 Å². The van der Waals surface area contributed by atoms with Crippen molar-refractivity contribution in [2.45, 2.75) is 32.1 Å². The number of hydrogen-bond acceptors (Lipinski definition) is 4. The van der Waals surface area contributed by atoms with Crippen molar-refractivity contribution in [3.8, 4) is 5.88 Å². The normalized spacial score (nSPS) is 17.7. The average Bonchev–Trinajstić information content (AvgIpc) is 2.45. The maximum absolute atomic E-state index is 8.60. The Balaban J connectivity index is 1.92. The van der Waals surface area contributed by atoms with Crippen LogP contribution >= 0.6 is 0 Å². The van der Waals surface area contributed by atoms with Crippen LogP contribution in [-0.4, -0.2) is 22.6 Å². The Kier molecular flexibility index (Phi) is 4.39. The Hall–Kier alpha value is -1.78.